The predicted molar refractivity (Wildman–Crippen MR) is 124 cm³/mol. The Kier molecular flexibility index (Phi) is 7.60. The molecule has 8 nitrogen and oxygen atoms in total. The van der Waals surface area contributed by atoms with Crippen LogP contribution in [0.25, 0.3) is 5.76 Å². The summed E-state index contributed by atoms with van der Waals surface area (Å²) in [6, 6.07) is 10.6. The van der Waals surface area contributed by atoms with Crippen LogP contribution in [0.2, 0.25) is 0 Å². The van der Waals surface area contributed by atoms with Crippen LogP contribution in [0.15, 0.2) is 48.0 Å². The lowest BCUT2D eigenvalue weighted by Crippen LogP contribution is -2.32. The highest BCUT2D eigenvalue weighted by molar-refractivity contribution is 6.46. The minimum absolute atomic E-state index is 0.00811. The number of carbonyl (C=O) groups excluding carboxylic acids is 2. The van der Waals surface area contributed by atoms with Crippen molar-refractivity contribution in [1.29, 1.82) is 0 Å². The molecule has 3 rings (SSSR count). The fourth-order valence-corrected chi connectivity index (χ4v) is 3.93. The number of aliphatic hydroxyl groups excluding tert-OH is 1. The monoisotopic (exact) mass is 454 g/mol. The highest BCUT2D eigenvalue weighted by atomic mass is 16.5. The van der Waals surface area contributed by atoms with E-state index in [2.05, 4.69) is 0 Å². The van der Waals surface area contributed by atoms with Crippen molar-refractivity contribution in [3.05, 3.63) is 59.2 Å². The molecule has 1 atom stereocenters. The highest BCUT2D eigenvalue weighted by Gasteiger charge is 2.46. The number of Topliss-reactive ketones (excluding diaryl/α,β-unsaturated/α-hetero) is 1. The molecule has 2 N–H and O–H groups in total. The molecule has 0 aliphatic carbocycles. The maximum absolute atomic E-state index is 13.1. The third-order valence-corrected chi connectivity index (χ3v) is 5.48. The van der Waals surface area contributed by atoms with Crippen molar-refractivity contribution in [1.82, 2.24) is 9.80 Å². The SMILES string of the molecule is CCOc1cccc(/C(O)=C2\C(=O)C(=O)N(CCCN(C)C)C2c2ccc(O)c(OC)c2)c1. The number of aromatic hydroxyl groups is 1. The molecule has 1 heterocycles. The van der Waals surface area contributed by atoms with E-state index in [0.29, 0.717) is 36.4 Å². The van der Waals surface area contributed by atoms with Gasteiger partial charge in [0, 0.05) is 12.1 Å². The van der Waals surface area contributed by atoms with E-state index in [-0.39, 0.29) is 22.8 Å². The number of ketones is 1. The van der Waals surface area contributed by atoms with Gasteiger partial charge in [0.25, 0.3) is 11.7 Å². The van der Waals surface area contributed by atoms with E-state index in [0.717, 1.165) is 6.54 Å². The molecule has 1 aliphatic rings. The molecule has 0 saturated carbocycles. The summed E-state index contributed by atoms with van der Waals surface area (Å²) >= 11 is 0. The van der Waals surface area contributed by atoms with Gasteiger partial charge in [-0.1, -0.05) is 18.2 Å². The number of rotatable bonds is 9. The molecule has 33 heavy (non-hydrogen) atoms. The first-order valence-electron chi connectivity index (χ1n) is 10.8. The first-order valence-corrected chi connectivity index (χ1v) is 10.8. The normalized spacial score (nSPS) is 17.6. The first-order chi connectivity index (χ1) is 15.8. The van der Waals surface area contributed by atoms with Crippen molar-refractivity contribution >= 4 is 17.4 Å². The van der Waals surface area contributed by atoms with Gasteiger partial charge < -0.3 is 29.5 Å². The van der Waals surface area contributed by atoms with E-state index in [4.69, 9.17) is 9.47 Å². The van der Waals surface area contributed by atoms with E-state index in [1.54, 1.807) is 36.4 Å². The van der Waals surface area contributed by atoms with Crippen LogP contribution in [0.1, 0.15) is 30.5 Å². The van der Waals surface area contributed by atoms with Gasteiger partial charge in [-0.2, -0.15) is 0 Å². The number of aliphatic hydroxyl groups is 1. The molecule has 1 amide bonds. The summed E-state index contributed by atoms with van der Waals surface area (Å²) in [4.78, 5) is 29.6. The summed E-state index contributed by atoms with van der Waals surface area (Å²) in [6.07, 6.45) is 0.644. The molecule has 2 aromatic rings. The number of hydrogen-bond donors (Lipinski definition) is 2. The van der Waals surface area contributed by atoms with E-state index in [9.17, 15) is 19.8 Å². The number of nitrogens with zero attached hydrogens (tertiary/aromatic N) is 2. The molecule has 1 unspecified atom stereocenters. The van der Waals surface area contributed by atoms with Gasteiger partial charge in [-0.15, -0.1) is 0 Å². The maximum atomic E-state index is 13.1. The summed E-state index contributed by atoms with van der Waals surface area (Å²) in [5, 5.41) is 21.2. The second kappa shape index (κ2) is 10.4. The molecular weight excluding hydrogens is 424 g/mol. The van der Waals surface area contributed by atoms with Crippen molar-refractivity contribution < 1.29 is 29.3 Å². The van der Waals surface area contributed by atoms with Crippen LogP contribution in [0, 0.1) is 0 Å². The van der Waals surface area contributed by atoms with Crippen LogP contribution in [0.3, 0.4) is 0 Å². The highest BCUT2D eigenvalue weighted by Crippen LogP contribution is 2.42. The van der Waals surface area contributed by atoms with Crippen LogP contribution in [0.5, 0.6) is 17.2 Å². The van der Waals surface area contributed by atoms with Crippen LogP contribution in [-0.4, -0.2) is 72.6 Å². The molecular formula is C25H30N2O6. The Labute approximate surface area is 193 Å². The standard InChI is InChI=1S/C25H30N2O6/c1-5-33-18-9-6-8-17(14-18)23(29)21-22(16-10-11-19(28)20(15-16)32-4)27(25(31)24(21)30)13-7-12-26(2)3/h6,8-11,14-15,22,28-29H,5,7,12-13H2,1-4H3/b23-21+. The molecule has 1 fully saturated rings. The largest absolute Gasteiger partial charge is 0.507 e. The number of ether oxygens (including phenoxy) is 2. The van der Waals surface area contributed by atoms with Gasteiger partial charge in [0.1, 0.15) is 11.5 Å². The smallest absolute Gasteiger partial charge is 0.295 e. The minimum Gasteiger partial charge on any atom is -0.507 e. The van der Waals surface area contributed by atoms with E-state index < -0.39 is 17.7 Å². The number of methoxy groups -OCH3 is 1. The van der Waals surface area contributed by atoms with Gasteiger partial charge in [0.15, 0.2) is 11.5 Å². The summed E-state index contributed by atoms with van der Waals surface area (Å²) in [7, 11) is 5.29. The van der Waals surface area contributed by atoms with Crippen molar-refractivity contribution in [2.75, 3.05) is 40.9 Å². The fraction of sp³-hybridized carbons (Fsp3) is 0.360. The Bertz CT molecular complexity index is 1060. The lowest BCUT2D eigenvalue weighted by Gasteiger charge is -2.26. The average molecular weight is 455 g/mol. The van der Waals surface area contributed by atoms with Gasteiger partial charge >= 0.3 is 0 Å². The summed E-state index contributed by atoms with van der Waals surface area (Å²) in [5.74, 6) is -1.00. The predicted octanol–water partition coefficient (Wildman–Crippen LogP) is 3.17. The number of carbonyl (C=O) groups is 2. The van der Waals surface area contributed by atoms with Crippen molar-refractivity contribution in [3.63, 3.8) is 0 Å². The fourth-order valence-electron chi connectivity index (χ4n) is 3.93. The number of phenols is 1. The Balaban J connectivity index is 2.13. The third-order valence-electron chi connectivity index (χ3n) is 5.48. The van der Waals surface area contributed by atoms with Gasteiger partial charge in [0.05, 0.1) is 25.3 Å². The molecule has 1 aliphatic heterocycles. The lowest BCUT2D eigenvalue weighted by molar-refractivity contribution is -0.139. The number of phenolic OH excluding ortho intramolecular Hbond substituents is 1. The topological polar surface area (TPSA) is 99.5 Å². The molecule has 1 saturated heterocycles. The van der Waals surface area contributed by atoms with E-state index in [1.165, 1.54) is 18.1 Å². The Morgan fingerprint density at radius 1 is 1.15 bits per heavy atom. The molecule has 0 aromatic heterocycles. The van der Waals surface area contributed by atoms with E-state index >= 15 is 0 Å². The second-order valence-electron chi connectivity index (χ2n) is 8.04. The van der Waals surface area contributed by atoms with Gasteiger partial charge in [-0.3, -0.25) is 9.59 Å². The zero-order valence-corrected chi connectivity index (χ0v) is 19.4. The zero-order valence-electron chi connectivity index (χ0n) is 19.4. The van der Waals surface area contributed by atoms with Crippen molar-refractivity contribution in [2.24, 2.45) is 0 Å². The van der Waals surface area contributed by atoms with Crippen molar-refractivity contribution in [3.8, 4) is 17.2 Å². The Hall–Kier alpha value is -3.52. The number of likely N-dealkylation sites (tertiary alicyclic amines) is 1. The Morgan fingerprint density at radius 2 is 1.91 bits per heavy atom. The molecule has 8 heteroatoms. The minimum atomic E-state index is -0.822. The molecule has 176 valence electrons. The maximum Gasteiger partial charge on any atom is 0.295 e. The Morgan fingerprint density at radius 3 is 2.58 bits per heavy atom. The molecule has 0 radical (unpaired) electrons. The van der Waals surface area contributed by atoms with Crippen LogP contribution in [-0.2, 0) is 9.59 Å². The number of amides is 1. The van der Waals surface area contributed by atoms with Crippen molar-refractivity contribution in [2.45, 2.75) is 19.4 Å². The van der Waals surface area contributed by atoms with Crippen LogP contribution >= 0.6 is 0 Å². The van der Waals surface area contributed by atoms with Gasteiger partial charge in [-0.05, 0) is 63.8 Å². The van der Waals surface area contributed by atoms with E-state index in [1.807, 2.05) is 25.9 Å². The summed E-state index contributed by atoms with van der Waals surface area (Å²) in [6.45, 7) is 3.36. The number of benzene rings is 2. The quantitative estimate of drug-likeness (QED) is 0.341. The van der Waals surface area contributed by atoms with Crippen LogP contribution < -0.4 is 9.47 Å². The second-order valence-corrected chi connectivity index (χ2v) is 8.04. The molecule has 0 spiro atoms. The third kappa shape index (κ3) is 5.12. The average Bonchev–Trinajstić information content (AvgIpc) is 3.04. The first kappa shape index (κ1) is 24.1. The number of hydrogen-bond acceptors (Lipinski definition) is 7. The van der Waals surface area contributed by atoms with Gasteiger partial charge in [-0.25, -0.2) is 0 Å². The molecule has 2 aromatic carbocycles. The summed E-state index contributed by atoms with van der Waals surface area (Å²) in [5.41, 5.74) is 0.922. The van der Waals surface area contributed by atoms with Crippen LogP contribution in [0.4, 0.5) is 0 Å². The zero-order chi connectivity index (χ0) is 24.1. The summed E-state index contributed by atoms with van der Waals surface area (Å²) < 4.78 is 10.7. The van der Waals surface area contributed by atoms with Gasteiger partial charge in [0.2, 0.25) is 0 Å². The lowest BCUT2D eigenvalue weighted by atomic mass is 9.95. The molecule has 0 bridgehead atoms.